The van der Waals surface area contributed by atoms with E-state index in [4.69, 9.17) is 17.3 Å². The summed E-state index contributed by atoms with van der Waals surface area (Å²) in [5.41, 5.74) is 6.64. The summed E-state index contributed by atoms with van der Waals surface area (Å²) in [5, 5.41) is 5.17. The molecule has 1 saturated carbocycles. The summed E-state index contributed by atoms with van der Waals surface area (Å²) >= 11 is 5.92. The topological polar surface area (TPSA) is 56.2 Å². The lowest BCUT2D eigenvalue weighted by Crippen LogP contribution is -2.42. The number of pyridine rings is 1. The molecule has 0 spiro atoms. The molecule has 1 fully saturated rings. The second-order valence-corrected chi connectivity index (χ2v) is 4.86. The molecule has 0 atom stereocenters. The van der Waals surface area contributed by atoms with Crippen LogP contribution in [0.2, 0.25) is 5.02 Å². The van der Waals surface area contributed by atoms with E-state index in [1.54, 1.807) is 4.52 Å². The summed E-state index contributed by atoms with van der Waals surface area (Å²) in [4.78, 5) is 4.53. The van der Waals surface area contributed by atoms with Gasteiger partial charge in [0.15, 0.2) is 11.5 Å². The molecule has 0 aromatic carbocycles. The number of hydrogen-bond donors (Lipinski definition) is 1. The number of hydrogen-bond acceptors (Lipinski definition) is 3. The maximum absolute atomic E-state index is 5.92. The molecule has 2 aromatic heterocycles. The molecular weight excluding hydrogens is 224 g/mol. The maximum Gasteiger partial charge on any atom is 0.159 e. The van der Waals surface area contributed by atoms with Crippen molar-refractivity contribution >= 4 is 17.2 Å². The molecule has 0 radical (unpaired) electrons. The van der Waals surface area contributed by atoms with Gasteiger partial charge < -0.3 is 5.73 Å². The van der Waals surface area contributed by atoms with Gasteiger partial charge in [0.1, 0.15) is 0 Å². The third kappa shape index (κ3) is 1.33. The molecule has 4 nitrogen and oxygen atoms in total. The van der Waals surface area contributed by atoms with Crippen LogP contribution in [0.3, 0.4) is 0 Å². The third-order valence-electron chi connectivity index (χ3n) is 3.48. The molecule has 0 aliphatic heterocycles. The molecular formula is C11H13ClN4. The molecule has 2 heterocycles. The fourth-order valence-electron chi connectivity index (χ4n) is 2.20. The second kappa shape index (κ2) is 3.43. The second-order valence-electron chi connectivity index (χ2n) is 4.42. The molecule has 5 heteroatoms. The Morgan fingerprint density at radius 3 is 2.94 bits per heavy atom. The normalized spacial score (nSPS) is 18.6. The van der Waals surface area contributed by atoms with E-state index < -0.39 is 0 Å². The first-order valence-electron chi connectivity index (χ1n) is 5.46. The van der Waals surface area contributed by atoms with Crippen molar-refractivity contribution in [2.24, 2.45) is 5.73 Å². The smallest absolute Gasteiger partial charge is 0.159 e. The fourth-order valence-corrected chi connectivity index (χ4v) is 2.36. The van der Waals surface area contributed by atoms with Gasteiger partial charge in [-0.15, -0.1) is 0 Å². The average molecular weight is 237 g/mol. The summed E-state index contributed by atoms with van der Waals surface area (Å²) < 4.78 is 1.76. The van der Waals surface area contributed by atoms with Crippen LogP contribution < -0.4 is 5.73 Å². The van der Waals surface area contributed by atoms with E-state index in [1.165, 1.54) is 6.42 Å². The van der Waals surface area contributed by atoms with Crippen molar-refractivity contribution in [1.29, 1.82) is 0 Å². The van der Waals surface area contributed by atoms with Gasteiger partial charge in [-0.1, -0.05) is 18.0 Å². The molecule has 2 aromatic rings. The lowest BCUT2D eigenvalue weighted by molar-refractivity contribution is 0.238. The molecule has 0 amide bonds. The summed E-state index contributed by atoms with van der Waals surface area (Å²) in [7, 11) is 0. The molecule has 84 valence electrons. The van der Waals surface area contributed by atoms with Crippen LogP contribution in [-0.4, -0.2) is 21.1 Å². The van der Waals surface area contributed by atoms with E-state index in [0.29, 0.717) is 11.6 Å². The van der Waals surface area contributed by atoms with Crippen molar-refractivity contribution < 1.29 is 0 Å². The Labute approximate surface area is 98.4 Å². The van der Waals surface area contributed by atoms with E-state index in [9.17, 15) is 0 Å². The Morgan fingerprint density at radius 2 is 2.31 bits per heavy atom. The first-order valence-corrected chi connectivity index (χ1v) is 5.84. The van der Waals surface area contributed by atoms with Crippen LogP contribution in [0.25, 0.3) is 5.65 Å². The van der Waals surface area contributed by atoms with E-state index in [2.05, 4.69) is 10.1 Å². The first-order chi connectivity index (χ1) is 7.73. The SMILES string of the molecule is NCC1(c2nc3cc(Cl)ccn3n2)CCC1. The Balaban J connectivity index is 2.11. The van der Waals surface area contributed by atoms with Crippen molar-refractivity contribution in [3.8, 4) is 0 Å². The monoisotopic (exact) mass is 236 g/mol. The van der Waals surface area contributed by atoms with Gasteiger partial charge in [0.25, 0.3) is 0 Å². The maximum atomic E-state index is 5.92. The summed E-state index contributed by atoms with van der Waals surface area (Å²) in [5.74, 6) is 0.864. The number of aromatic nitrogens is 3. The third-order valence-corrected chi connectivity index (χ3v) is 3.71. The van der Waals surface area contributed by atoms with Crippen LogP contribution in [0.5, 0.6) is 0 Å². The zero-order valence-electron chi connectivity index (χ0n) is 8.86. The summed E-state index contributed by atoms with van der Waals surface area (Å²) in [6.07, 6.45) is 5.23. The number of nitrogens with zero attached hydrogens (tertiary/aromatic N) is 3. The largest absolute Gasteiger partial charge is 0.329 e. The average Bonchev–Trinajstić information content (AvgIpc) is 2.60. The molecule has 2 N–H and O–H groups in total. The van der Waals surface area contributed by atoms with Crippen molar-refractivity contribution in [2.75, 3.05) is 6.54 Å². The van der Waals surface area contributed by atoms with Crippen molar-refractivity contribution in [1.82, 2.24) is 14.6 Å². The molecule has 0 bridgehead atoms. The van der Waals surface area contributed by atoms with E-state index in [1.807, 2.05) is 18.3 Å². The lowest BCUT2D eigenvalue weighted by Gasteiger charge is -2.38. The Bertz CT molecular complexity index is 524. The Morgan fingerprint density at radius 1 is 1.50 bits per heavy atom. The van der Waals surface area contributed by atoms with Gasteiger partial charge in [-0.05, 0) is 18.9 Å². The number of halogens is 1. The Hall–Kier alpha value is -1.13. The highest BCUT2D eigenvalue weighted by molar-refractivity contribution is 6.30. The molecule has 0 saturated heterocycles. The summed E-state index contributed by atoms with van der Waals surface area (Å²) in [6, 6.07) is 3.63. The highest BCUT2D eigenvalue weighted by Gasteiger charge is 2.41. The minimum atomic E-state index is 0.0124. The highest BCUT2D eigenvalue weighted by Crippen LogP contribution is 2.41. The van der Waals surface area contributed by atoms with Gasteiger partial charge >= 0.3 is 0 Å². The number of nitrogens with two attached hydrogens (primary N) is 1. The molecule has 16 heavy (non-hydrogen) atoms. The molecule has 1 aliphatic rings. The zero-order valence-corrected chi connectivity index (χ0v) is 9.61. The van der Waals surface area contributed by atoms with Gasteiger partial charge in [-0.25, -0.2) is 9.50 Å². The van der Waals surface area contributed by atoms with E-state index in [-0.39, 0.29) is 5.41 Å². The van der Waals surface area contributed by atoms with Crippen molar-refractivity contribution in [2.45, 2.75) is 24.7 Å². The van der Waals surface area contributed by atoms with Crippen LogP contribution in [0.4, 0.5) is 0 Å². The fraction of sp³-hybridized carbons (Fsp3) is 0.455. The van der Waals surface area contributed by atoms with Crippen LogP contribution in [0, 0.1) is 0 Å². The predicted octanol–water partition coefficient (Wildman–Crippen LogP) is 1.76. The van der Waals surface area contributed by atoms with Crippen LogP contribution in [0.15, 0.2) is 18.3 Å². The Kier molecular flexibility index (Phi) is 2.16. The van der Waals surface area contributed by atoms with Gasteiger partial charge in [0.2, 0.25) is 0 Å². The minimum Gasteiger partial charge on any atom is -0.329 e. The molecule has 0 unspecified atom stereocenters. The van der Waals surface area contributed by atoms with E-state index >= 15 is 0 Å². The highest BCUT2D eigenvalue weighted by atomic mass is 35.5. The van der Waals surface area contributed by atoms with Crippen LogP contribution >= 0.6 is 11.6 Å². The zero-order chi connectivity index (χ0) is 11.2. The van der Waals surface area contributed by atoms with Gasteiger partial charge in [-0.2, -0.15) is 5.10 Å². The number of rotatable bonds is 2. The van der Waals surface area contributed by atoms with E-state index in [0.717, 1.165) is 24.3 Å². The first kappa shape index (κ1) is 10.1. The van der Waals surface area contributed by atoms with Gasteiger partial charge in [0, 0.05) is 29.2 Å². The molecule has 1 aliphatic carbocycles. The van der Waals surface area contributed by atoms with Gasteiger partial charge in [0.05, 0.1) is 0 Å². The molecule has 3 rings (SSSR count). The lowest BCUT2D eigenvalue weighted by atomic mass is 9.68. The van der Waals surface area contributed by atoms with Crippen LogP contribution in [-0.2, 0) is 5.41 Å². The van der Waals surface area contributed by atoms with Crippen molar-refractivity contribution in [3.63, 3.8) is 0 Å². The number of fused-ring (bicyclic) bond motifs is 1. The predicted molar refractivity (Wildman–Crippen MR) is 62.6 cm³/mol. The minimum absolute atomic E-state index is 0.0124. The van der Waals surface area contributed by atoms with Crippen molar-refractivity contribution in [3.05, 3.63) is 29.2 Å². The summed E-state index contributed by atoms with van der Waals surface area (Å²) in [6.45, 7) is 0.623. The van der Waals surface area contributed by atoms with Gasteiger partial charge in [-0.3, -0.25) is 0 Å². The quantitative estimate of drug-likeness (QED) is 0.865. The van der Waals surface area contributed by atoms with Crippen LogP contribution in [0.1, 0.15) is 25.1 Å². The standard InChI is InChI=1S/C11H13ClN4/c12-8-2-5-16-9(6-8)14-10(15-16)11(7-13)3-1-4-11/h2,5-6H,1,3-4,7,13H2.